The van der Waals surface area contributed by atoms with Gasteiger partial charge in [0.05, 0.1) is 23.9 Å². The fourth-order valence-corrected chi connectivity index (χ4v) is 1.57. The molecule has 0 unspecified atom stereocenters. The molecule has 0 aliphatic carbocycles. The highest BCUT2D eigenvalue weighted by Crippen LogP contribution is 2.18. The van der Waals surface area contributed by atoms with Crippen molar-refractivity contribution in [2.75, 3.05) is 11.9 Å². The van der Waals surface area contributed by atoms with E-state index in [1.54, 1.807) is 0 Å². The summed E-state index contributed by atoms with van der Waals surface area (Å²) in [7, 11) is 0. The third-order valence-corrected chi connectivity index (χ3v) is 2.63. The molecule has 0 bridgehead atoms. The lowest BCUT2D eigenvalue weighted by Crippen LogP contribution is -2.29. The number of aromatic nitrogens is 4. The van der Waals surface area contributed by atoms with E-state index in [0.29, 0.717) is 0 Å². The molecule has 0 aliphatic heterocycles. The van der Waals surface area contributed by atoms with Crippen molar-refractivity contribution in [1.29, 1.82) is 0 Å². The second kappa shape index (κ2) is 6.85. The number of carbonyl (C=O) groups is 2. The summed E-state index contributed by atoms with van der Waals surface area (Å²) >= 11 is 0. The summed E-state index contributed by atoms with van der Waals surface area (Å²) in [4.78, 5) is 31.1. The number of halogens is 3. The van der Waals surface area contributed by atoms with Gasteiger partial charge in [-0.2, -0.15) is 18.3 Å². The van der Waals surface area contributed by atoms with Crippen LogP contribution in [0.2, 0.25) is 0 Å². The van der Waals surface area contributed by atoms with Gasteiger partial charge in [-0.1, -0.05) is 0 Å². The molecule has 0 fully saturated rings. The van der Waals surface area contributed by atoms with Gasteiger partial charge in [0.25, 0.3) is 11.8 Å². The number of nitrogens with zero attached hydrogens (tertiary/aromatic N) is 3. The van der Waals surface area contributed by atoms with Crippen LogP contribution in [0.5, 0.6) is 0 Å². The Labute approximate surface area is 127 Å². The van der Waals surface area contributed by atoms with Crippen LogP contribution in [0.15, 0.2) is 24.9 Å². The van der Waals surface area contributed by atoms with E-state index in [1.165, 1.54) is 24.9 Å². The highest BCUT2D eigenvalue weighted by molar-refractivity contribution is 6.07. The van der Waals surface area contributed by atoms with Gasteiger partial charge in [-0.05, 0) is 0 Å². The number of rotatable bonds is 5. The quantitative estimate of drug-likeness (QED) is 0.762. The predicted molar refractivity (Wildman–Crippen MR) is 71.6 cm³/mol. The molecule has 2 amide bonds. The molecule has 2 heterocycles. The van der Waals surface area contributed by atoms with Crippen LogP contribution in [0.1, 0.15) is 27.3 Å². The predicted octanol–water partition coefficient (Wildman–Crippen LogP) is 1.13. The van der Waals surface area contributed by atoms with Crippen molar-refractivity contribution in [3.63, 3.8) is 0 Å². The first-order valence-corrected chi connectivity index (χ1v) is 6.31. The summed E-state index contributed by atoms with van der Waals surface area (Å²) in [6, 6.07) is 0. The SMILES string of the molecule is O=C(Nc1cn[nH]c1C(=O)NCCC(F)(F)F)c1cncnc1. The van der Waals surface area contributed by atoms with E-state index >= 15 is 0 Å². The minimum Gasteiger partial charge on any atom is -0.350 e. The molecule has 0 atom stereocenters. The average molecular weight is 328 g/mol. The first-order valence-electron chi connectivity index (χ1n) is 6.31. The van der Waals surface area contributed by atoms with E-state index in [9.17, 15) is 22.8 Å². The molecule has 8 nitrogen and oxygen atoms in total. The van der Waals surface area contributed by atoms with E-state index in [1.807, 2.05) is 0 Å². The zero-order valence-electron chi connectivity index (χ0n) is 11.5. The molecule has 2 aromatic heterocycles. The van der Waals surface area contributed by atoms with Crippen molar-refractivity contribution < 1.29 is 22.8 Å². The molecule has 2 aromatic rings. The van der Waals surface area contributed by atoms with Gasteiger partial charge in [0, 0.05) is 18.9 Å². The maximum Gasteiger partial charge on any atom is 0.390 e. The molecule has 0 radical (unpaired) electrons. The number of amides is 2. The van der Waals surface area contributed by atoms with Gasteiger partial charge in [-0.25, -0.2) is 9.97 Å². The molecule has 23 heavy (non-hydrogen) atoms. The molecular weight excluding hydrogens is 317 g/mol. The Morgan fingerprint density at radius 3 is 2.48 bits per heavy atom. The molecule has 0 aliphatic rings. The Balaban J connectivity index is 1.99. The second-order valence-electron chi connectivity index (χ2n) is 4.36. The lowest BCUT2D eigenvalue weighted by atomic mass is 10.3. The van der Waals surface area contributed by atoms with Crippen molar-refractivity contribution in [3.8, 4) is 0 Å². The smallest absolute Gasteiger partial charge is 0.350 e. The van der Waals surface area contributed by atoms with Crippen molar-refractivity contribution in [2.24, 2.45) is 0 Å². The molecule has 11 heteroatoms. The molecule has 0 saturated carbocycles. The van der Waals surface area contributed by atoms with Crippen LogP contribution < -0.4 is 10.6 Å². The Morgan fingerprint density at radius 1 is 1.13 bits per heavy atom. The summed E-state index contributed by atoms with van der Waals surface area (Å²) in [6.07, 6.45) is -0.576. The van der Waals surface area contributed by atoms with Crippen molar-refractivity contribution in [3.05, 3.63) is 36.2 Å². The largest absolute Gasteiger partial charge is 0.390 e. The molecule has 0 saturated heterocycles. The lowest BCUT2D eigenvalue weighted by molar-refractivity contribution is -0.133. The zero-order valence-corrected chi connectivity index (χ0v) is 11.5. The third-order valence-electron chi connectivity index (χ3n) is 2.63. The molecule has 122 valence electrons. The van der Waals surface area contributed by atoms with Gasteiger partial charge in [0.15, 0.2) is 0 Å². The minimum atomic E-state index is -4.37. The Bertz CT molecular complexity index is 686. The van der Waals surface area contributed by atoms with Crippen molar-refractivity contribution >= 4 is 17.5 Å². The number of nitrogens with one attached hydrogen (secondary N) is 3. The van der Waals surface area contributed by atoms with Gasteiger partial charge in [-0.15, -0.1) is 0 Å². The fourth-order valence-electron chi connectivity index (χ4n) is 1.57. The number of H-pyrrole nitrogens is 1. The molecule has 2 rings (SSSR count). The zero-order chi connectivity index (χ0) is 16.9. The second-order valence-corrected chi connectivity index (χ2v) is 4.36. The highest BCUT2D eigenvalue weighted by atomic mass is 19.4. The molecular formula is C12H11F3N6O2. The number of alkyl halides is 3. The summed E-state index contributed by atoms with van der Waals surface area (Å²) in [5.41, 5.74) is 0.0258. The topological polar surface area (TPSA) is 113 Å². The summed E-state index contributed by atoms with van der Waals surface area (Å²) in [5, 5.41) is 10.4. The highest BCUT2D eigenvalue weighted by Gasteiger charge is 2.27. The minimum absolute atomic E-state index is 0.0309. The van der Waals surface area contributed by atoms with Crippen LogP contribution in [0, 0.1) is 0 Å². The fraction of sp³-hybridized carbons (Fsp3) is 0.250. The number of hydrogen-bond donors (Lipinski definition) is 3. The van der Waals surface area contributed by atoms with E-state index in [0.717, 1.165) is 0 Å². The number of hydrogen-bond acceptors (Lipinski definition) is 5. The Kier molecular flexibility index (Phi) is 4.88. The Hall–Kier alpha value is -2.98. The average Bonchev–Trinajstić information content (AvgIpc) is 2.95. The van der Waals surface area contributed by atoms with Crippen LogP contribution in [0.3, 0.4) is 0 Å². The monoisotopic (exact) mass is 328 g/mol. The molecule has 0 aromatic carbocycles. The van der Waals surface area contributed by atoms with Gasteiger partial charge in [0.2, 0.25) is 0 Å². The maximum atomic E-state index is 12.0. The van der Waals surface area contributed by atoms with E-state index in [4.69, 9.17) is 0 Å². The summed E-state index contributed by atoms with van der Waals surface area (Å²) < 4.78 is 36.1. The van der Waals surface area contributed by atoms with Crippen LogP contribution in [-0.2, 0) is 0 Å². The van der Waals surface area contributed by atoms with E-state index in [2.05, 4.69) is 30.8 Å². The van der Waals surface area contributed by atoms with E-state index in [-0.39, 0.29) is 16.9 Å². The number of carbonyl (C=O) groups excluding carboxylic acids is 2. The summed E-state index contributed by atoms with van der Waals surface area (Å²) in [5.74, 6) is -1.40. The first-order chi connectivity index (χ1) is 10.9. The van der Waals surface area contributed by atoms with Gasteiger partial charge in [0.1, 0.15) is 12.0 Å². The van der Waals surface area contributed by atoms with Crippen molar-refractivity contribution in [2.45, 2.75) is 12.6 Å². The van der Waals surface area contributed by atoms with Gasteiger partial charge >= 0.3 is 6.18 Å². The molecule has 0 spiro atoms. The van der Waals surface area contributed by atoms with Crippen LogP contribution >= 0.6 is 0 Å². The first kappa shape index (κ1) is 16.4. The van der Waals surface area contributed by atoms with Crippen LogP contribution in [0.25, 0.3) is 0 Å². The van der Waals surface area contributed by atoms with Crippen LogP contribution in [0.4, 0.5) is 18.9 Å². The maximum absolute atomic E-state index is 12.0. The summed E-state index contributed by atoms with van der Waals surface area (Å²) in [6.45, 7) is -0.582. The van der Waals surface area contributed by atoms with Crippen molar-refractivity contribution in [1.82, 2.24) is 25.5 Å². The standard InChI is InChI=1S/C12H11F3N6O2/c13-12(14,15)1-2-18-11(23)9-8(5-19-21-9)20-10(22)7-3-16-6-17-4-7/h3-6H,1-2H2,(H,18,23)(H,19,21)(H,20,22). The van der Waals surface area contributed by atoms with Gasteiger partial charge in [-0.3, -0.25) is 14.7 Å². The molecule has 3 N–H and O–H groups in total. The van der Waals surface area contributed by atoms with Crippen LogP contribution in [-0.4, -0.2) is 44.7 Å². The third kappa shape index (κ3) is 4.76. The Morgan fingerprint density at radius 2 is 1.83 bits per heavy atom. The number of aromatic amines is 1. The lowest BCUT2D eigenvalue weighted by Gasteiger charge is -2.08. The van der Waals surface area contributed by atoms with Gasteiger partial charge < -0.3 is 10.6 Å². The van der Waals surface area contributed by atoms with E-state index < -0.39 is 31.0 Å². The number of anilines is 1. The normalized spacial score (nSPS) is 11.1.